The number of nitrogens with one attached hydrogen (secondary N) is 1. The number of rotatable bonds is 5. The molecule has 0 unspecified atom stereocenters. The molecule has 1 aliphatic heterocycles. The van der Waals surface area contributed by atoms with Crippen LogP contribution in [0.25, 0.3) is 0 Å². The zero-order valence-corrected chi connectivity index (χ0v) is 13.8. The van der Waals surface area contributed by atoms with E-state index in [0.717, 1.165) is 31.9 Å². The largest absolute Gasteiger partial charge is 0.326 e. The van der Waals surface area contributed by atoms with Crippen molar-refractivity contribution >= 4 is 11.7 Å². The normalized spacial score (nSPS) is 16.7. The Labute approximate surface area is 133 Å². The lowest BCUT2D eigenvalue weighted by atomic mass is 10.0. The molecule has 1 aromatic heterocycles. The van der Waals surface area contributed by atoms with Crippen molar-refractivity contribution in [3.8, 4) is 0 Å². The highest BCUT2D eigenvalue weighted by Gasteiger charge is 2.20. The summed E-state index contributed by atoms with van der Waals surface area (Å²) in [6, 6.07) is 4.18. The number of hydrogen-bond donors (Lipinski definition) is 1. The molecule has 6 heteroatoms. The molecule has 0 aromatic carbocycles. The van der Waals surface area contributed by atoms with Crippen LogP contribution in [-0.2, 0) is 0 Å². The number of likely N-dealkylation sites (N-methyl/N-ethyl adjacent to an activating group) is 2. The Morgan fingerprint density at radius 2 is 2.09 bits per heavy atom. The molecule has 0 aliphatic carbocycles. The molecule has 1 N–H and O–H groups in total. The third kappa shape index (κ3) is 4.96. The van der Waals surface area contributed by atoms with E-state index in [1.807, 2.05) is 19.2 Å². The minimum Gasteiger partial charge on any atom is -0.326 e. The van der Waals surface area contributed by atoms with Gasteiger partial charge in [0, 0.05) is 32.4 Å². The van der Waals surface area contributed by atoms with Gasteiger partial charge in [-0.1, -0.05) is 0 Å². The first-order valence-corrected chi connectivity index (χ1v) is 7.87. The summed E-state index contributed by atoms with van der Waals surface area (Å²) in [6.45, 7) is 3.93. The second-order valence-electron chi connectivity index (χ2n) is 6.11. The lowest BCUT2D eigenvalue weighted by Gasteiger charge is -2.35. The van der Waals surface area contributed by atoms with Crippen LogP contribution in [-0.4, -0.2) is 79.1 Å². The number of carbonyl (C=O) groups is 1. The molecule has 122 valence electrons. The molecule has 0 radical (unpaired) electrons. The summed E-state index contributed by atoms with van der Waals surface area (Å²) in [6.07, 6.45) is 5.75. The Balaban J connectivity index is 1.72. The number of urea groups is 1. The fraction of sp³-hybridized carbons (Fsp3) is 0.625. The topological polar surface area (TPSA) is 51.7 Å². The summed E-state index contributed by atoms with van der Waals surface area (Å²) in [5.41, 5.74) is 0.725. The summed E-state index contributed by atoms with van der Waals surface area (Å²) in [5.74, 6) is 0. The number of amides is 2. The average Bonchev–Trinajstić information content (AvgIpc) is 2.53. The monoisotopic (exact) mass is 305 g/mol. The summed E-state index contributed by atoms with van der Waals surface area (Å²) in [7, 11) is 6.16. The highest BCUT2D eigenvalue weighted by atomic mass is 16.2. The van der Waals surface area contributed by atoms with E-state index >= 15 is 0 Å². The molecular weight excluding hydrogens is 278 g/mol. The van der Waals surface area contributed by atoms with Gasteiger partial charge in [-0.25, -0.2) is 4.79 Å². The fourth-order valence-corrected chi connectivity index (χ4v) is 2.68. The SMILES string of the molecule is CN1CCC(N(C)CCN(C)C(=O)Nc2cccnc2)CC1. The summed E-state index contributed by atoms with van der Waals surface area (Å²) in [5, 5.41) is 2.85. The Morgan fingerprint density at radius 3 is 2.73 bits per heavy atom. The van der Waals surface area contributed by atoms with Crippen LogP contribution >= 0.6 is 0 Å². The number of aromatic nitrogens is 1. The van der Waals surface area contributed by atoms with Crippen molar-refractivity contribution in [2.75, 3.05) is 52.6 Å². The standard InChI is InChI=1S/C16H27N5O/c1-19-9-6-15(7-10-19)20(2)11-12-21(3)16(22)18-14-5-4-8-17-13-14/h4-5,8,13,15H,6-7,9-12H2,1-3H3,(H,18,22). The Hall–Kier alpha value is -1.66. The molecule has 1 aromatic rings. The highest BCUT2D eigenvalue weighted by Crippen LogP contribution is 2.13. The van der Waals surface area contributed by atoms with Gasteiger partial charge in [0.05, 0.1) is 11.9 Å². The van der Waals surface area contributed by atoms with Crippen molar-refractivity contribution in [3.05, 3.63) is 24.5 Å². The molecule has 0 spiro atoms. The van der Waals surface area contributed by atoms with Crippen molar-refractivity contribution in [2.45, 2.75) is 18.9 Å². The van der Waals surface area contributed by atoms with Crippen LogP contribution in [0.1, 0.15) is 12.8 Å². The average molecular weight is 305 g/mol. The minimum atomic E-state index is -0.0928. The number of nitrogens with zero attached hydrogens (tertiary/aromatic N) is 4. The van der Waals surface area contributed by atoms with Gasteiger partial charge in [-0.05, 0) is 52.2 Å². The molecule has 2 heterocycles. The van der Waals surface area contributed by atoms with Crippen molar-refractivity contribution < 1.29 is 4.79 Å². The maximum atomic E-state index is 12.1. The van der Waals surface area contributed by atoms with Gasteiger partial charge in [0.25, 0.3) is 0 Å². The van der Waals surface area contributed by atoms with Gasteiger partial charge in [0.1, 0.15) is 0 Å². The third-order valence-electron chi connectivity index (χ3n) is 4.36. The molecule has 0 atom stereocenters. The molecule has 22 heavy (non-hydrogen) atoms. The van der Waals surface area contributed by atoms with Crippen LogP contribution in [0.4, 0.5) is 10.5 Å². The van der Waals surface area contributed by atoms with Gasteiger partial charge in [-0.2, -0.15) is 0 Å². The molecule has 1 aliphatic rings. The van der Waals surface area contributed by atoms with Gasteiger partial charge in [-0.15, -0.1) is 0 Å². The molecule has 6 nitrogen and oxygen atoms in total. The van der Waals surface area contributed by atoms with E-state index in [9.17, 15) is 4.79 Å². The number of hydrogen-bond acceptors (Lipinski definition) is 4. The lowest BCUT2D eigenvalue weighted by Crippen LogP contribution is -2.45. The van der Waals surface area contributed by atoms with Crippen molar-refractivity contribution in [1.29, 1.82) is 0 Å². The van der Waals surface area contributed by atoms with Crippen LogP contribution < -0.4 is 5.32 Å². The van der Waals surface area contributed by atoms with Crippen LogP contribution in [0.3, 0.4) is 0 Å². The van der Waals surface area contributed by atoms with E-state index in [2.05, 4.69) is 34.2 Å². The van der Waals surface area contributed by atoms with E-state index in [1.165, 1.54) is 12.8 Å². The van der Waals surface area contributed by atoms with E-state index < -0.39 is 0 Å². The summed E-state index contributed by atoms with van der Waals surface area (Å²) < 4.78 is 0. The van der Waals surface area contributed by atoms with Gasteiger partial charge < -0.3 is 20.0 Å². The zero-order valence-electron chi connectivity index (χ0n) is 13.8. The Kier molecular flexibility index (Phi) is 6.15. The highest BCUT2D eigenvalue weighted by molar-refractivity contribution is 5.88. The third-order valence-corrected chi connectivity index (χ3v) is 4.36. The van der Waals surface area contributed by atoms with Crippen LogP contribution in [0.5, 0.6) is 0 Å². The minimum absolute atomic E-state index is 0.0928. The molecule has 2 rings (SSSR count). The van der Waals surface area contributed by atoms with Gasteiger partial charge in [0.15, 0.2) is 0 Å². The summed E-state index contributed by atoms with van der Waals surface area (Å²) >= 11 is 0. The lowest BCUT2D eigenvalue weighted by molar-refractivity contribution is 0.136. The number of pyridine rings is 1. The number of likely N-dealkylation sites (tertiary alicyclic amines) is 1. The number of anilines is 1. The predicted octanol–water partition coefficient (Wildman–Crippen LogP) is 1.57. The quantitative estimate of drug-likeness (QED) is 0.897. The maximum absolute atomic E-state index is 12.1. The van der Waals surface area contributed by atoms with Crippen LogP contribution in [0.2, 0.25) is 0 Å². The smallest absolute Gasteiger partial charge is 0.321 e. The maximum Gasteiger partial charge on any atom is 0.321 e. The molecule has 2 amide bonds. The van der Waals surface area contributed by atoms with Crippen molar-refractivity contribution in [2.24, 2.45) is 0 Å². The second kappa shape index (κ2) is 8.10. The molecule has 0 bridgehead atoms. The molecule has 1 fully saturated rings. The fourth-order valence-electron chi connectivity index (χ4n) is 2.68. The van der Waals surface area contributed by atoms with Gasteiger partial charge >= 0.3 is 6.03 Å². The molecule has 1 saturated heterocycles. The zero-order chi connectivity index (χ0) is 15.9. The van der Waals surface area contributed by atoms with Gasteiger partial charge in [0.2, 0.25) is 0 Å². The van der Waals surface area contributed by atoms with Crippen molar-refractivity contribution in [1.82, 2.24) is 19.7 Å². The van der Waals surface area contributed by atoms with Crippen molar-refractivity contribution in [3.63, 3.8) is 0 Å². The Morgan fingerprint density at radius 1 is 1.36 bits per heavy atom. The Bertz CT molecular complexity index is 459. The van der Waals surface area contributed by atoms with Crippen LogP contribution in [0.15, 0.2) is 24.5 Å². The van der Waals surface area contributed by atoms with E-state index in [-0.39, 0.29) is 6.03 Å². The first kappa shape index (κ1) is 16.7. The second-order valence-corrected chi connectivity index (χ2v) is 6.11. The number of carbonyl (C=O) groups excluding carboxylic acids is 1. The van der Waals surface area contributed by atoms with E-state index in [0.29, 0.717) is 6.04 Å². The van der Waals surface area contributed by atoms with E-state index in [4.69, 9.17) is 0 Å². The molecule has 0 saturated carbocycles. The van der Waals surface area contributed by atoms with Gasteiger partial charge in [-0.3, -0.25) is 4.98 Å². The van der Waals surface area contributed by atoms with Crippen LogP contribution in [0, 0.1) is 0 Å². The number of piperidine rings is 1. The van der Waals surface area contributed by atoms with E-state index in [1.54, 1.807) is 17.3 Å². The summed E-state index contributed by atoms with van der Waals surface area (Å²) in [4.78, 5) is 22.6. The first-order chi connectivity index (χ1) is 10.6. The first-order valence-electron chi connectivity index (χ1n) is 7.87. The predicted molar refractivity (Wildman–Crippen MR) is 89.0 cm³/mol. The molecular formula is C16H27N5O.